The van der Waals surface area contributed by atoms with Gasteiger partial charge in [-0.25, -0.2) is 4.98 Å². The van der Waals surface area contributed by atoms with Crippen LogP contribution >= 0.6 is 22.9 Å². The standard InChI is InChI=1S/C20H20ClN3OS/c21-16-3-1-15(2-4-16)20-22-17(14-26-20)13-23-9-11-24(12-10-23)18-5-7-19(25)8-6-18/h1-8,14,25H,9-13H2/p+1. The van der Waals surface area contributed by atoms with Gasteiger partial charge in [-0.1, -0.05) is 23.7 Å². The van der Waals surface area contributed by atoms with Crippen LogP contribution in [0.3, 0.4) is 0 Å². The van der Waals surface area contributed by atoms with Crippen molar-refractivity contribution in [3.05, 3.63) is 64.6 Å². The molecule has 6 heteroatoms. The van der Waals surface area contributed by atoms with Crippen molar-refractivity contribution in [2.75, 3.05) is 31.1 Å². The van der Waals surface area contributed by atoms with Crippen LogP contribution in [0.1, 0.15) is 5.69 Å². The molecule has 1 aliphatic rings. The number of thiazole rings is 1. The average molecular weight is 387 g/mol. The van der Waals surface area contributed by atoms with Gasteiger partial charge >= 0.3 is 0 Å². The molecule has 2 heterocycles. The Labute approximate surface area is 162 Å². The van der Waals surface area contributed by atoms with Gasteiger partial charge < -0.3 is 14.9 Å². The molecule has 4 nitrogen and oxygen atoms in total. The number of hydrogen-bond acceptors (Lipinski definition) is 4. The third kappa shape index (κ3) is 4.01. The topological polar surface area (TPSA) is 40.8 Å². The smallest absolute Gasteiger partial charge is 0.123 e. The Morgan fingerprint density at radius 1 is 1.04 bits per heavy atom. The Morgan fingerprint density at radius 3 is 2.42 bits per heavy atom. The number of anilines is 1. The van der Waals surface area contributed by atoms with Crippen LogP contribution in [0, 0.1) is 0 Å². The largest absolute Gasteiger partial charge is 0.508 e. The van der Waals surface area contributed by atoms with Gasteiger partial charge in [-0.3, -0.25) is 0 Å². The fourth-order valence-corrected chi connectivity index (χ4v) is 4.24. The number of piperazine rings is 1. The van der Waals surface area contributed by atoms with Gasteiger partial charge in [-0.05, 0) is 36.4 Å². The minimum Gasteiger partial charge on any atom is -0.508 e. The summed E-state index contributed by atoms with van der Waals surface area (Å²) < 4.78 is 0. The number of aromatic hydroxyl groups is 1. The van der Waals surface area contributed by atoms with E-state index < -0.39 is 0 Å². The Bertz CT molecular complexity index is 856. The highest BCUT2D eigenvalue weighted by Gasteiger charge is 2.21. The van der Waals surface area contributed by atoms with Crippen molar-refractivity contribution in [3.8, 4) is 16.3 Å². The summed E-state index contributed by atoms with van der Waals surface area (Å²) in [6.07, 6.45) is 0. The van der Waals surface area contributed by atoms with Crippen LogP contribution in [-0.2, 0) is 6.54 Å². The van der Waals surface area contributed by atoms with E-state index in [0.717, 1.165) is 54.0 Å². The maximum absolute atomic E-state index is 9.42. The Balaban J connectivity index is 1.34. The molecule has 1 fully saturated rings. The van der Waals surface area contributed by atoms with Crippen molar-refractivity contribution >= 4 is 28.6 Å². The summed E-state index contributed by atoms with van der Waals surface area (Å²) in [6.45, 7) is 5.19. The predicted molar refractivity (Wildman–Crippen MR) is 107 cm³/mol. The minimum atomic E-state index is 0.318. The summed E-state index contributed by atoms with van der Waals surface area (Å²) in [5, 5.41) is 13.4. The van der Waals surface area contributed by atoms with Gasteiger partial charge in [0.15, 0.2) is 0 Å². The summed E-state index contributed by atoms with van der Waals surface area (Å²) in [5.74, 6) is 0.318. The molecule has 0 spiro atoms. The maximum atomic E-state index is 9.42. The molecule has 1 aliphatic heterocycles. The molecule has 0 atom stereocenters. The van der Waals surface area contributed by atoms with Gasteiger partial charge in [0.05, 0.1) is 26.2 Å². The molecule has 0 saturated carbocycles. The second-order valence-electron chi connectivity index (χ2n) is 6.58. The molecular weight excluding hydrogens is 366 g/mol. The van der Waals surface area contributed by atoms with Crippen molar-refractivity contribution in [2.24, 2.45) is 0 Å². The molecular formula is C20H21ClN3OS+. The summed E-state index contributed by atoms with van der Waals surface area (Å²) >= 11 is 7.65. The lowest BCUT2D eigenvalue weighted by Crippen LogP contribution is -3.13. The van der Waals surface area contributed by atoms with E-state index in [1.807, 2.05) is 36.4 Å². The Kier molecular flexibility index (Phi) is 5.11. The van der Waals surface area contributed by atoms with Crippen molar-refractivity contribution < 1.29 is 10.0 Å². The van der Waals surface area contributed by atoms with Gasteiger partial charge in [0.2, 0.25) is 0 Å². The van der Waals surface area contributed by atoms with E-state index >= 15 is 0 Å². The van der Waals surface area contributed by atoms with E-state index in [2.05, 4.69) is 10.3 Å². The van der Waals surface area contributed by atoms with Crippen LogP contribution in [-0.4, -0.2) is 36.3 Å². The van der Waals surface area contributed by atoms with Gasteiger partial charge in [0, 0.05) is 21.7 Å². The molecule has 26 heavy (non-hydrogen) atoms. The second-order valence-corrected chi connectivity index (χ2v) is 7.88. The lowest BCUT2D eigenvalue weighted by Gasteiger charge is -2.33. The fourth-order valence-electron chi connectivity index (χ4n) is 3.29. The quantitative estimate of drug-likeness (QED) is 0.724. The van der Waals surface area contributed by atoms with Crippen LogP contribution in [0.5, 0.6) is 5.75 Å². The highest BCUT2D eigenvalue weighted by Crippen LogP contribution is 2.25. The van der Waals surface area contributed by atoms with Crippen molar-refractivity contribution in [3.63, 3.8) is 0 Å². The van der Waals surface area contributed by atoms with Crippen LogP contribution in [0.2, 0.25) is 5.02 Å². The molecule has 0 aliphatic carbocycles. The summed E-state index contributed by atoms with van der Waals surface area (Å²) in [4.78, 5) is 8.75. The van der Waals surface area contributed by atoms with E-state index in [1.54, 1.807) is 28.4 Å². The molecule has 134 valence electrons. The zero-order valence-electron chi connectivity index (χ0n) is 14.4. The molecule has 0 unspecified atom stereocenters. The Hall–Kier alpha value is -2.08. The number of quaternary nitrogens is 1. The van der Waals surface area contributed by atoms with E-state index in [4.69, 9.17) is 16.6 Å². The highest BCUT2D eigenvalue weighted by atomic mass is 35.5. The van der Waals surface area contributed by atoms with Crippen LogP contribution < -0.4 is 9.80 Å². The number of phenolic OH excluding ortho intramolecular Hbond substituents is 1. The molecule has 0 radical (unpaired) electrons. The zero-order valence-corrected chi connectivity index (χ0v) is 15.9. The Morgan fingerprint density at radius 2 is 1.73 bits per heavy atom. The monoisotopic (exact) mass is 386 g/mol. The summed E-state index contributed by atoms with van der Waals surface area (Å²) in [5.41, 5.74) is 3.46. The third-order valence-corrected chi connectivity index (χ3v) is 5.95. The average Bonchev–Trinajstić information content (AvgIpc) is 3.12. The molecule has 1 aromatic heterocycles. The number of nitrogens with one attached hydrogen (secondary N) is 1. The van der Waals surface area contributed by atoms with Gasteiger partial charge in [0.1, 0.15) is 23.0 Å². The summed E-state index contributed by atoms with van der Waals surface area (Å²) in [6, 6.07) is 15.3. The van der Waals surface area contributed by atoms with Gasteiger partial charge in [0.25, 0.3) is 0 Å². The summed E-state index contributed by atoms with van der Waals surface area (Å²) in [7, 11) is 0. The van der Waals surface area contributed by atoms with E-state index in [9.17, 15) is 5.11 Å². The molecule has 2 N–H and O–H groups in total. The van der Waals surface area contributed by atoms with Gasteiger partial charge in [-0.15, -0.1) is 11.3 Å². The minimum absolute atomic E-state index is 0.318. The van der Waals surface area contributed by atoms with Gasteiger partial charge in [-0.2, -0.15) is 0 Å². The molecule has 2 aromatic carbocycles. The SMILES string of the molecule is Oc1ccc(N2CC[NH+](Cc3csc(-c4ccc(Cl)cc4)n3)CC2)cc1. The number of rotatable bonds is 4. The van der Waals surface area contributed by atoms with Crippen LogP contribution in [0.15, 0.2) is 53.9 Å². The number of nitrogens with zero attached hydrogens (tertiary/aromatic N) is 2. The fraction of sp³-hybridized carbons (Fsp3) is 0.250. The first-order valence-corrected chi connectivity index (χ1v) is 10.0. The predicted octanol–water partition coefficient (Wildman–Crippen LogP) is 3.07. The first kappa shape index (κ1) is 17.3. The van der Waals surface area contributed by atoms with E-state index in [-0.39, 0.29) is 0 Å². The lowest BCUT2D eigenvalue weighted by molar-refractivity contribution is -0.914. The number of aromatic nitrogens is 1. The van der Waals surface area contributed by atoms with Crippen molar-refractivity contribution in [1.29, 1.82) is 0 Å². The highest BCUT2D eigenvalue weighted by molar-refractivity contribution is 7.13. The number of hydrogen-bond donors (Lipinski definition) is 2. The first-order chi connectivity index (χ1) is 12.7. The number of benzene rings is 2. The van der Waals surface area contributed by atoms with Crippen molar-refractivity contribution in [1.82, 2.24) is 4.98 Å². The molecule has 0 bridgehead atoms. The third-order valence-electron chi connectivity index (χ3n) is 4.76. The second kappa shape index (κ2) is 7.66. The van der Waals surface area contributed by atoms with Crippen LogP contribution in [0.25, 0.3) is 10.6 Å². The number of halogens is 1. The van der Waals surface area contributed by atoms with E-state index in [0.29, 0.717) is 5.75 Å². The normalized spacial score (nSPS) is 15.3. The number of phenols is 1. The lowest BCUT2D eigenvalue weighted by atomic mass is 10.2. The van der Waals surface area contributed by atoms with Crippen molar-refractivity contribution in [2.45, 2.75) is 6.54 Å². The van der Waals surface area contributed by atoms with Crippen LogP contribution in [0.4, 0.5) is 5.69 Å². The molecule has 3 aromatic rings. The molecule has 4 rings (SSSR count). The first-order valence-electron chi connectivity index (χ1n) is 8.75. The zero-order chi connectivity index (χ0) is 17.9. The molecule has 1 saturated heterocycles. The molecule has 0 amide bonds. The van der Waals surface area contributed by atoms with E-state index in [1.165, 1.54) is 5.69 Å². The maximum Gasteiger partial charge on any atom is 0.123 e.